The molecule has 0 aliphatic heterocycles. The molecule has 1 rings (SSSR count). The van der Waals surface area contributed by atoms with E-state index in [-0.39, 0.29) is 5.75 Å². The van der Waals surface area contributed by atoms with Gasteiger partial charge >= 0.3 is 0 Å². The minimum absolute atomic E-state index is 0.174. The van der Waals surface area contributed by atoms with E-state index in [1.807, 2.05) is 42.5 Å². The highest BCUT2D eigenvalue weighted by atomic mass is 32.2. The van der Waals surface area contributed by atoms with Gasteiger partial charge in [0, 0.05) is 0 Å². The molecule has 0 heterocycles. The molecular formula is C11H14O3S. The normalized spacial score (nSPS) is 12.1. The maximum Gasteiger partial charge on any atom is 0.264 e. The summed E-state index contributed by atoms with van der Waals surface area (Å²) < 4.78 is 29.3. The van der Waals surface area contributed by atoms with Crippen LogP contribution in [0.2, 0.25) is 0 Å². The molecule has 4 heteroatoms. The predicted octanol–water partition coefficient (Wildman–Crippen LogP) is 2.37. The van der Waals surface area contributed by atoms with Crippen molar-refractivity contribution in [2.75, 3.05) is 5.75 Å². The quantitative estimate of drug-likeness (QED) is 0.619. The van der Waals surface area contributed by atoms with Crippen LogP contribution in [0.4, 0.5) is 0 Å². The van der Waals surface area contributed by atoms with Crippen LogP contribution in [0.3, 0.4) is 0 Å². The Labute approximate surface area is 90.2 Å². The zero-order valence-electron chi connectivity index (χ0n) is 8.33. The fourth-order valence-corrected chi connectivity index (χ4v) is 1.70. The maximum atomic E-state index is 10.4. The molecule has 0 unspecified atom stereocenters. The molecule has 82 valence electrons. The van der Waals surface area contributed by atoms with Gasteiger partial charge < -0.3 is 0 Å². The molecule has 0 fully saturated rings. The molecule has 0 saturated heterocycles. The SMILES string of the molecule is O=S(=O)(O)CCC/C=C/c1ccccc1. The van der Waals surface area contributed by atoms with E-state index in [4.69, 9.17) is 4.55 Å². The lowest BCUT2D eigenvalue weighted by Crippen LogP contribution is -2.02. The summed E-state index contributed by atoms with van der Waals surface area (Å²) in [5.41, 5.74) is 1.09. The maximum absolute atomic E-state index is 10.4. The molecule has 0 amide bonds. The van der Waals surface area contributed by atoms with Crippen LogP contribution in [-0.4, -0.2) is 18.7 Å². The van der Waals surface area contributed by atoms with E-state index < -0.39 is 10.1 Å². The third kappa shape index (κ3) is 6.04. The highest BCUT2D eigenvalue weighted by molar-refractivity contribution is 7.85. The van der Waals surface area contributed by atoms with Gasteiger partial charge in [-0.05, 0) is 18.4 Å². The Morgan fingerprint density at radius 1 is 1.20 bits per heavy atom. The van der Waals surface area contributed by atoms with Gasteiger partial charge in [-0.15, -0.1) is 0 Å². The topological polar surface area (TPSA) is 54.4 Å². The van der Waals surface area contributed by atoms with Crippen molar-refractivity contribution in [2.45, 2.75) is 12.8 Å². The standard InChI is InChI=1S/C11H14O3S/c12-15(13,14)10-6-2-5-9-11-7-3-1-4-8-11/h1,3-5,7-9H,2,6,10H2,(H,12,13,14)/b9-5+. The molecule has 0 saturated carbocycles. The van der Waals surface area contributed by atoms with Crippen molar-refractivity contribution >= 4 is 16.2 Å². The van der Waals surface area contributed by atoms with Gasteiger partial charge in [0.1, 0.15) is 0 Å². The van der Waals surface area contributed by atoms with Gasteiger partial charge in [0.2, 0.25) is 0 Å². The first-order valence-corrected chi connectivity index (χ1v) is 6.35. The first-order chi connectivity index (χ1) is 7.08. The Morgan fingerprint density at radius 2 is 1.87 bits per heavy atom. The number of benzene rings is 1. The van der Waals surface area contributed by atoms with E-state index in [2.05, 4.69) is 0 Å². The molecule has 3 nitrogen and oxygen atoms in total. The molecule has 0 atom stereocenters. The van der Waals surface area contributed by atoms with Crippen molar-refractivity contribution in [1.29, 1.82) is 0 Å². The summed E-state index contributed by atoms with van der Waals surface area (Å²) in [7, 11) is -3.80. The van der Waals surface area contributed by atoms with Crippen LogP contribution in [0.25, 0.3) is 6.08 Å². The molecule has 0 aliphatic carbocycles. The number of hydrogen-bond acceptors (Lipinski definition) is 2. The largest absolute Gasteiger partial charge is 0.286 e. The molecule has 0 aromatic heterocycles. The molecule has 1 N–H and O–H groups in total. The molecule has 1 aromatic carbocycles. The predicted molar refractivity (Wildman–Crippen MR) is 61.1 cm³/mol. The van der Waals surface area contributed by atoms with Crippen molar-refractivity contribution in [3.63, 3.8) is 0 Å². The molecule has 0 spiro atoms. The van der Waals surface area contributed by atoms with Crippen LogP contribution < -0.4 is 0 Å². The van der Waals surface area contributed by atoms with Gasteiger partial charge in [0.25, 0.3) is 10.1 Å². The Morgan fingerprint density at radius 3 is 2.47 bits per heavy atom. The van der Waals surface area contributed by atoms with E-state index in [1.54, 1.807) is 0 Å². The average molecular weight is 226 g/mol. The Kier molecular flexibility index (Phi) is 4.52. The minimum atomic E-state index is -3.80. The number of hydrogen-bond donors (Lipinski definition) is 1. The van der Waals surface area contributed by atoms with Gasteiger partial charge in [-0.1, -0.05) is 42.5 Å². The van der Waals surface area contributed by atoms with Crippen molar-refractivity contribution in [3.05, 3.63) is 42.0 Å². The summed E-state index contributed by atoms with van der Waals surface area (Å²) >= 11 is 0. The second kappa shape index (κ2) is 5.68. The van der Waals surface area contributed by atoms with Gasteiger partial charge in [-0.25, -0.2) is 0 Å². The highest BCUT2D eigenvalue weighted by Gasteiger charge is 2.01. The van der Waals surface area contributed by atoms with Crippen LogP contribution in [-0.2, 0) is 10.1 Å². The van der Waals surface area contributed by atoms with Gasteiger partial charge in [0.15, 0.2) is 0 Å². The van der Waals surface area contributed by atoms with E-state index in [9.17, 15) is 8.42 Å². The molecule has 0 aliphatic rings. The average Bonchev–Trinajstić information content (AvgIpc) is 2.17. The van der Waals surface area contributed by atoms with Crippen molar-refractivity contribution in [2.24, 2.45) is 0 Å². The molecule has 0 bridgehead atoms. The van der Waals surface area contributed by atoms with Crippen LogP contribution in [0.15, 0.2) is 36.4 Å². The highest BCUT2D eigenvalue weighted by Crippen LogP contribution is 2.03. The van der Waals surface area contributed by atoms with Gasteiger partial charge in [-0.3, -0.25) is 4.55 Å². The first-order valence-electron chi connectivity index (χ1n) is 4.75. The molecule has 1 aromatic rings. The first kappa shape index (κ1) is 11.9. The summed E-state index contributed by atoms with van der Waals surface area (Å²) in [4.78, 5) is 0. The third-order valence-electron chi connectivity index (χ3n) is 1.88. The smallest absolute Gasteiger partial charge is 0.264 e. The molecular weight excluding hydrogens is 212 g/mol. The van der Waals surface area contributed by atoms with Crippen LogP contribution >= 0.6 is 0 Å². The van der Waals surface area contributed by atoms with Gasteiger partial charge in [-0.2, -0.15) is 8.42 Å². The van der Waals surface area contributed by atoms with Crippen molar-refractivity contribution < 1.29 is 13.0 Å². The van der Waals surface area contributed by atoms with E-state index in [0.29, 0.717) is 12.8 Å². The Hall–Kier alpha value is -1.13. The number of rotatable bonds is 5. The summed E-state index contributed by atoms with van der Waals surface area (Å²) in [5, 5.41) is 0. The monoisotopic (exact) mass is 226 g/mol. The van der Waals surface area contributed by atoms with E-state index in [1.165, 1.54) is 0 Å². The summed E-state index contributed by atoms with van der Waals surface area (Å²) in [6.45, 7) is 0. The molecule has 15 heavy (non-hydrogen) atoms. The second-order valence-electron chi connectivity index (χ2n) is 3.24. The fourth-order valence-electron chi connectivity index (χ4n) is 1.17. The lowest BCUT2D eigenvalue weighted by atomic mass is 10.2. The zero-order chi connectivity index (χ0) is 11.1. The van der Waals surface area contributed by atoms with Crippen LogP contribution in [0.5, 0.6) is 0 Å². The van der Waals surface area contributed by atoms with E-state index in [0.717, 1.165) is 5.56 Å². The van der Waals surface area contributed by atoms with Crippen molar-refractivity contribution in [1.82, 2.24) is 0 Å². The number of unbranched alkanes of at least 4 members (excludes halogenated alkanes) is 1. The van der Waals surface area contributed by atoms with Crippen molar-refractivity contribution in [3.8, 4) is 0 Å². The lowest BCUT2D eigenvalue weighted by Gasteiger charge is -1.94. The van der Waals surface area contributed by atoms with Gasteiger partial charge in [0.05, 0.1) is 5.75 Å². The van der Waals surface area contributed by atoms with Crippen LogP contribution in [0, 0.1) is 0 Å². The fraction of sp³-hybridized carbons (Fsp3) is 0.273. The van der Waals surface area contributed by atoms with Crippen LogP contribution in [0.1, 0.15) is 18.4 Å². The zero-order valence-corrected chi connectivity index (χ0v) is 9.15. The summed E-state index contributed by atoms with van der Waals surface area (Å²) in [5.74, 6) is -0.174. The Balaban J connectivity index is 2.30. The minimum Gasteiger partial charge on any atom is -0.286 e. The Bertz CT molecular complexity index is 407. The lowest BCUT2D eigenvalue weighted by molar-refractivity contribution is 0.481. The summed E-state index contributed by atoms with van der Waals surface area (Å²) in [6, 6.07) is 9.77. The number of allylic oxidation sites excluding steroid dienone is 1. The summed E-state index contributed by atoms with van der Waals surface area (Å²) in [6.07, 6.45) is 4.93. The molecule has 0 radical (unpaired) electrons. The third-order valence-corrected chi connectivity index (χ3v) is 2.69. The second-order valence-corrected chi connectivity index (χ2v) is 4.81. The van der Waals surface area contributed by atoms with E-state index >= 15 is 0 Å².